The van der Waals surface area contributed by atoms with Crippen molar-refractivity contribution in [1.82, 2.24) is 0 Å². The highest BCUT2D eigenvalue weighted by Crippen LogP contribution is 2.68. The minimum absolute atomic E-state index is 0. The monoisotopic (exact) mass is 775 g/mol. The first-order chi connectivity index (χ1) is 22.3. The van der Waals surface area contributed by atoms with Crippen LogP contribution in [-0.2, 0) is 0 Å². The summed E-state index contributed by atoms with van der Waals surface area (Å²) in [4.78, 5) is 4.74. The second-order valence-corrected chi connectivity index (χ2v) is 30.1. The van der Waals surface area contributed by atoms with Crippen LogP contribution in [0.2, 0.25) is 0 Å². The topological polar surface area (TPSA) is 0 Å². The minimum atomic E-state index is -0.725. The maximum atomic E-state index is 2.39. The van der Waals surface area contributed by atoms with Crippen molar-refractivity contribution in [3.63, 3.8) is 0 Å². The average molecular weight is 775 g/mol. The molecule has 0 N–H and O–H groups in total. The Hall–Kier alpha value is -1.50. The number of hydrogen-bond donors (Lipinski definition) is 0. The normalized spacial score (nSPS) is 13.0. The van der Waals surface area contributed by atoms with E-state index >= 15 is 0 Å². The molecule has 0 aliphatic carbocycles. The van der Waals surface area contributed by atoms with E-state index in [0.29, 0.717) is 0 Å². The number of rotatable bonds is 12. The molecule has 6 heteroatoms. The predicted molar refractivity (Wildman–Crippen MR) is 241 cm³/mol. The van der Waals surface area contributed by atoms with Crippen LogP contribution in [0.3, 0.4) is 0 Å². The van der Waals surface area contributed by atoms with Crippen LogP contribution in [0.25, 0.3) is 0 Å². The zero-order chi connectivity index (χ0) is 37.0. The van der Waals surface area contributed by atoms with Crippen LogP contribution in [0.15, 0.2) is 106 Å². The zero-order valence-corrected chi connectivity index (χ0v) is 38.3. The van der Waals surface area contributed by atoms with Crippen molar-refractivity contribution in [2.45, 2.75) is 187 Å². The smallest absolute Gasteiger partial charge is 0.00922 e. The standard InChI is InChI=1S/3C15H26S.3FH/c3*1-12(2)16(13(3)4,14(5)6)15-10-8-7-9-11-15;;;/h3*7-14H,1-6H3;3*1H. The molecule has 0 saturated carbocycles. The van der Waals surface area contributed by atoms with Crippen LogP contribution in [0.1, 0.15) is 125 Å². The molecule has 0 fully saturated rings. The fourth-order valence-corrected chi connectivity index (χ4v) is 25.9. The van der Waals surface area contributed by atoms with E-state index < -0.39 is 30.1 Å². The van der Waals surface area contributed by atoms with Gasteiger partial charge in [0.25, 0.3) is 0 Å². The highest BCUT2D eigenvalue weighted by atomic mass is 32.3. The van der Waals surface area contributed by atoms with Crippen LogP contribution < -0.4 is 0 Å². The Bertz CT molecular complexity index is 1050. The van der Waals surface area contributed by atoms with Gasteiger partial charge in [0, 0.05) is 0 Å². The van der Waals surface area contributed by atoms with E-state index in [-0.39, 0.29) is 14.1 Å². The number of benzene rings is 3. The van der Waals surface area contributed by atoms with E-state index in [4.69, 9.17) is 0 Å². The lowest BCUT2D eigenvalue weighted by Crippen LogP contribution is -2.28. The van der Waals surface area contributed by atoms with Gasteiger partial charge in [-0.2, -0.15) is 0 Å². The molecule has 0 spiro atoms. The Morgan fingerprint density at radius 2 is 0.353 bits per heavy atom. The third-order valence-electron chi connectivity index (χ3n) is 10.5. The molecule has 0 aromatic heterocycles. The molecule has 3 aromatic carbocycles. The first kappa shape index (κ1) is 53.8. The fraction of sp³-hybridized carbons (Fsp3) is 0.600. The maximum absolute atomic E-state index is 2.39. The van der Waals surface area contributed by atoms with Gasteiger partial charge in [-0.05, 0) is 61.9 Å². The third kappa shape index (κ3) is 11.7. The molecule has 0 atom stereocenters. The average Bonchev–Trinajstić information content (AvgIpc) is 2.99. The molecular formula is C45H81F3S3. The van der Waals surface area contributed by atoms with Crippen molar-refractivity contribution in [2.75, 3.05) is 0 Å². The van der Waals surface area contributed by atoms with Crippen LogP contribution >= 0.6 is 30.1 Å². The van der Waals surface area contributed by atoms with Crippen LogP contribution in [-0.4, -0.2) is 47.2 Å². The zero-order valence-electron chi connectivity index (χ0n) is 35.8. The molecule has 0 aliphatic heterocycles. The van der Waals surface area contributed by atoms with Crippen molar-refractivity contribution in [1.29, 1.82) is 0 Å². The predicted octanol–water partition coefficient (Wildman–Crippen LogP) is 15.7. The Morgan fingerprint density at radius 1 is 0.235 bits per heavy atom. The summed E-state index contributed by atoms with van der Waals surface area (Å²) >= 11 is 0. The summed E-state index contributed by atoms with van der Waals surface area (Å²) in [5.41, 5.74) is 0. The molecule has 0 unspecified atom stereocenters. The molecular weight excluding hydrogens is 694 g/mol. The molecule has 0 amide bonds. The second-order valence-electron chi connectivity index (χ2n) is 15.7. The Balaban J connectivity index is -0.000000658. The van der Waals surface area contributed by atoms with Crippen LogP contribution in [0.5, 0.6) is 0 Å². The van der Waals surface area contributed by atoms with Gasteiger partial charge in [-0.1, -0.05) is 216 Å². The first-order valence-electron chi connectivity index (χ1n) is 18.9. The Kier molecular flexibility index (Phi) is 25.4. The van der Waals surface area contributed by atoms with Crippen molar-refractivity contribution in [2.24, 2.45) is 0 Å². The third-order valence-corrected chi connectivity index (χ3v) is 27.8. The SMILES string of the molecule is CC(C)S(c1ccccc1)(C(C)C)C(C)C.CC(C)S(c1ccccc1)(C(C)C)C(C)C.CC(C)S(c1ccccc1)(C(C)C)C(C)C.F.F.F. The van der Waals surface area contributed by atoms with Crippen molar-refractivity contribution in [3.8, 4) is 0 Å². The van der Waals surface area contributed by atoms with E-state index in [0.717, 1.165) is 47.2 Å². The summed E-state index contributed by atoms with van der Waals surface area (Å²) < 4.78 is 0. The lowest BCUT2D eigenvalue weighted by molar-refractivity contribution is 0.935. The van der Waals surface area contributed by atoms with Gasteiger partial charge in [0.15, 0.2) is 0 Å². The van der Waals surface area contributed by atoms with E-state index in [1.165, 1.54) is 0 Å². The minimum Gasteiger partial charge on any atom is -0.269 e. The summed E-state index contributed by atoms with van der Waals surface area (Å²) in [6.45, 7) is 43.0. The highest BCUT2D eigenvalue weighted by molar-refractivity contribution is 8.35. The van der Waals surface area contributed by atoms with Crippen molar-refractivity contribution < 1.29 is 14.1 Å². The van der Waals surface area contributed by atoms with Gasteiger partial charge >= 0.3 is 0 Å². The van der Waals surface area contributed by atoms with E-state index in [1.54, 1.807) is 14.7 Å². The van der Waals surface area contributed by atoms with Gasteiger partial charge in [0.2, 0.25) is 0 Å². The molecule has 300 valence electrons. The lowest BCUT2D eigenvalue weighted by atomic mass is 10.4. The maximum Gasteiger partial charge on any atom is -0.00922 e. The molecule has 0 bridgehead atoms. The fourth-order valence-electron chi connectivity index (χ4n) is 9.32. The summed E-state index contributed by atoms with van der Waals surface area (Å²) in [7, 11) is -2.18. The van der Waals surface area contributed by atoms with Gasteiger partial charge in [0.05, 0.1) is 0 Å². The summed E-state index contributed by atoms with van der Waals surface area (Å²) in [6, 6.07) is 33.4. The molecule has 0 radical (unpaired) electrons. The Morgan fingerprint density at radius 3 is 0.451 bits per heavy atom. The van der Waals surface area contributed by atoms with Crippen LogP contribution in [0.4, 0.5) is 14.1 Å². The molecule has 3 aromatic rings. The van der Waals surface area contributed by atoms with Gasteiger partial charge in [-0.25, -0.2) is 30.1 Å². The Labute approximate surface area is 320 Å². The highest BCUT2D eigenvalue weighted by Gasteiger charge is 2.38. The molecule has 0 saturated heterocycles. The number of halogens is 3. The second kappa shape index (κ2) is 24.0. The van der Waals surface area contributed by atoms with Gasteiger partial charge in [-0.15, -0.1) is 0 Å². The summed E-state index contributed by atoms with van der Waals surface area (Å²) in [5.74, 6) is 0. The molecule has 0 heterocycles. The molecule has 0 nitrogen and oxygen atoms in total. The lowest BCUT2D eigenvalue weighted by Gasteiger charge is -2.51. The summed E-state index contributed by atoms with van der Waals surface area (Å²) in [5, 5.41) is 6.71. The van der Waals surface area contributed by atoms with Gasteiger partial charge in [0.1, 0.15) is 0 Å². The van der Waals surface area contributed by atoms with Crippen molar-refractivity contribution >= 4 is 30.1 Å². The van der Waals surface area contributed by atoms with E-state index in [9.17, 15) is 0 Å². The molecule has 0 aliphatic rings. The first-order valence-corrected chi connectivity index (χ1v) is 24.3. The molecule has 51 heavy (non-hydrogen) atoms. The summed E-state index contributed by atoms with van der Waals surface area (Å²) in [6.07, 6.45) is 0. The number of hydrogen-bond acceptors (Lipinski definition) is 0. The van der Waals surface area contributed by atoms with Gasteiger partial charge in [-0.3, -0.25) is 14.1 Å². The van der Waals surface area contributed by atoms with E-state index in [2.05, 4.69) is 216 Å². The van der Waals surface area contributed by atoms with E-state index in [1.807, 2.05) is 0 Å². The quantitative estimate of drug-likeness (QED) is 0.172. The molecule has 3 rings (SSSR count). The van der Waals surface area contributed by atoms with Gasteiger partial charge < -0.3 is 0 Å². The van der Waals surface area contributed by atoms with Crippen molar-refractivity contribution in [3.05, 3.63) is 91.0 Å². The van der Waals surface area contributed by atoms with Crippen LogP contribution in [0, 0.1) is 0 Å². The largest absolute Gasteiger partial charge is 0.269 e.